The molecule has 35 heavy (non-hydrogen) atoms. The zero-order chi connectivity index (χ0) is 24.0. The van der Waals surface area contributed by atoms with Crippen LogP contribution < -0.4 is 15.0 Å². The van der Waals surface area contributed by atoms with E-state index in [0.29, 0.717) is 18.3 Å². The van der Waals surface area contributed by atoms with Gasteiger partial charge in [0.25, 0.3) is 0 Å². The molecule has 5 rings (SSSR count). The second-order valence-corrected chi connectivity index (χ2v) is 9.54. The summed E-state index contributed by atoms with van der Waals surface area (Å²) in [7, 11) is 1.66. The lowest BCUT2D eigenvalue weighted by molar-refractivity contribution is -0.133. The van der Waals surface area contributed by atoms with Gasteiger partial charge in [0.15, 0.2) is 5.76 Å². The number of anilines is 1. The van der Waals surface area contributed by atoms with E-state index in [-0.39, 0.29) is 5.91 Å². The van der Waals surface area contributed by atoms with Crippen LogP contribution >= 0.6 is 0 Å². The van der Waals surface area contributed by atoms with Gasteiger partial charge in [0.1, 0.15) is 5.75 Å². The minimum Gasteiger partial charge on any atom is -0.497 e. The fourth-order valence-electron chi connectivity index (χ4n) is 5.26. The number of para-hydroxylation sites is 1. The van der Waals surface area contributed by atoms with Gasteiger partial charge in [-0.1, -0.05) is 23.4 Å². The number of hydrogen-bond acceptors (Lipinski definition) is 6. The smallest absolute Gasteiger partial charge is 0.222 e. The standard InChI is InChI=1S/C28H34N4O3/c1-34-26-9-7-21(8-10-26)27-19-24(30-35-27)17-23-20-29-12-11-22(23)18-28(33)32-15-13-31(14-16-32)25-5-3-2-4-6-25/h2-10,19,22-23,29H,11-18,20H2,1H3/t22-,23+/m0/s1. The van der Waals surface area contributed by atoms with Gasteiger partial charge < -0.3 is 24.4 Å². The first-order valence-electron chi connectivity index (χ1n) is 12.6. The summed E-state index contributed by atoms with van der Waals surface area (Å²) in [6, 6.07) is 20.3. The van der Waals surface area contributed by atoms with Crippen LogP contribution in [0.1, 0.15) is 18.5 Å². The average Bonchev–Trinajstić information content (AvgIpc) is 3.39. The molecule has 2 saturated heterocycles. The molecule has 0 radical (unpaired) electrons. The number of aromatic nitrogens is 1. The molecule has 0 aliphatic carbocycles. The van der Waals surface area contributed by atoms with Crippen LogP contribution in [0.4, 0.5) is 5.69 Å². The van der Waals surface area contributed by atoms with Crippen molar-refractivity contribution in [2.45, 2.75) is 19.3 Å². The number of piperazine rings is 1. The molecule has 0 saturated carbocycles. The van der Waals surface area contributed by atoms with Gasteiger partial charge in [-0.05, 0) is 74.2 Å². The molecule has 184 valence electrons. The van der Waals surface area contributed by atoms with Crippen LogP contribution in [0.5, 0.6) is 5.75 Å². The molecule has 0 spiro atoms. The van der Waals surface area contributed by atoms with Crippen molar-refractivity contribution in [3.8, 4) is 17.1 Å². The normalized spacial score (nSPS) is 20.6. The summed E-state index contributed by atoms with van der Waals surface area (Å²) < 4.78 is 10.9. The average molecular weight is 475 g/mol. The van der Waals surface area contributed by atoms with Crippen LogP contribution in [0.15, 0.2) is 65.2 Å². The van der Waals surface area contributed by atoms with Crippen molar-refractivity contribution in [2.24, 2.45) is 11.8 Å². The Morgan fingerprint density at radius 3 is 2.57 bits per heavy atom. The van der Waals surface area contributed by atoms with E-state index in [0.717, 1.165) is 74.9 Å². The summed E-state index contributed by atoms with van der Waals surface area (Å²) in [5, 5.41) is 7.84. The van der Waals surface area contributed by atoms with Gasteiger partial charge in [0.05, 0.1) is 12.8 Å². The SMILES string of the molecule is COc1ccc(-c2cc(C[C@@H]3CNCC[C@H]3CC(=O)N3CCN(c4ccccc4)CC3)no2)cc1. The van der Waals surface area contributed by atoms with Crippen LogP contribution in [0.3, 0.4) is 0 Å². The van der Waals surface area contributed by atoms with E-state index < -0.39 is 0 Å². The van der Waals surface area contributed by atoms with Crippen molar-refractivity contribution in [3.05, 3.63) is 66.4 Å². The Hall–Kier alpha value is -3.32. The first-order chi connectivity index (χ1) is 17.2. The number of benzene rings is 2. The fourth-order valence-corrected chi connectivity index (χ4v) is 5.26. The zero-order valence-corrected chi connectivity index (χ0v) is 20.4. The third kappa shape index (κ3) is 5.68. The predicted octanol–water partition coefficient (Wildman–Crippen LogP) is 3.86. The molecule has 7 nitrogen and oxygen atoms in total. The molecule has 3 heterocycles. The lowest BCUT2D eigenvalue weighted by atomic mass is 9.81. The molecule has 1 aromatic heterocycles. The highest BCUT2D eigenvalue weighted by molar-refractivity contribution is 5.77. The van der Waals surface area contributed by atoms with Crippen LogP contribution in [-0.4, -0.2) is 62.3 Å². The van der Waals surface area contributed by atoms with Crippen LogP contribution in [0.2, 0.25) is 0 Å². The van der Waals surface area contributed by atoms with E-state index in [4.69, 9.17) is 9.26 Å². The number of hydrogen-bond donors (Lipinski definition) is 1. The Kier molecular flexibility index (Phi) is 7.33. The minimum atomic E-state index is 0.286. The zero-order valence-electron chi connectivity index (χ0n) is 20.4. The Labute approximate surface area is 207 Å². The highest BCUT2D eigenvalue weighted by atomic mass is 16.5. The number of carbonyl (C=O) groups is 1. The number of rotatable bonds is 7. The molecular formula is C28H34N4O3. The number of amides is 1. The first-order valence-corrected chi connectivity index (χ1v) is 12.6. The topological polar surface area (TPSA) is 70.8 Å². The summed E-state index contributed by atoms with van der Waals surface area (Å²) >= 11 is 0. The highest BCUT2D eigenvalue weighted by Crippen LogP contribution is 2.29. The molecule has 2 aromatic carbocycles. The van der Waals surface area contributed by atoms with Crippen LogP contribution in [0.25, 0.3) is 11.3 Å². The van der Waals surface area contributed by atoms with E-state index >= 15 is 0 Å². The number of nitrogens with zero attached hydrogens (tertiary/aromatic N) is 3. The largest absolute Gasteiger partial charge is 0.497 e. The molecule has 2 atom stereocenters. The summed E-state index contributed by atoms with van der Waals surface area (Å²) in [5.74, 6) is 2.59. The van der Waals surface area contributed by atoms with E-state index in [1.807, 2.05) is 36.4 Å². The molecule has 1 N–H and O–H groups in total. The third-order valence-electron chi connectivity index (χ3n) is 7.36. The lowest BCUT2D eigenvalue weighted by Crippen LogP contribution is -2.50. The Morgan fingerprint density at radius 1 is 1.06 bits per heavy atom. The second-order valence-electron chi connectivity index (χ2n) is 9.54. The van der Waals surface area contributed by atoms with E-state index in [1.165, 1.54) is 5.69 Å². The molecule has 3 aromatic rings. The van der Waals surface area contributed by atoms with Gasteiger partial charge in [-0.3, -0.25) is 4.79 Å². The van der Waals surface area contributed by atoms with Gasteiger partial charge in [0.2, 0.25) is 5.91 Å². The molecule has 0 bridgehead atoms. The van der Waals surface area contributed by atoms with Crippen molar-refractivity contribution in [3.63, 3.8) is 0 Å². The minimum absolute atomic E-state index is 0.286. The summed E-state index contributed by atoms with van der Waals surface area (Å²) in [6.07, 6.45) is 2.44. The van der Waals surface area contributed by atoms with Crippen LogP contribution in [0, 0.1) is 11.8 Å². The maximum absolute atomic E-state index is 13.2. The molecule has 7 heteroatoms. The summed E-state index contributed by atoms with van der Waals surface area (Å²) in [4.78, 5) is 17.6. The van der Waals surface area contributed by atoms with Crippen molar-refractivity contribution in [2.75, 3.05) is 51.3 Å². The fraction of sp³-hybridized carbons (Fsp3) is 0.429. The Morgan fingerprint density at radius 2 is 1.83 bits per heavy atom. The lowest BCUT2D eigenvalue weighted by Gasteiger charge is -2.38. The summed E-state index contributed by atoms with van der Waals surface area (Å²) in [5.41, 5.74) is 3.16. The van der Waals surface area contributed by atoms with E-state index in [2.05, 4.69) is 44.5 Å². The number of ether oxygens (including phenoxy) is 1. The van der Waals surface area contributed by atoms with E-state index in [1.54, 1.807) is 7.11 Å². The van der Waals surface area contributed by atoms with Gasteiger partial charge in [-0.25, -0.2) is 0 Å². The monoisotopic (exact) mass is 474 g/mol. The number of carbonyl (C=O) groups excluding carboxylic acids is 1. The number of methoxy groups -OCH3 is 1. The van der Waals surface area contributed by atoms with Crippen molar-refractivity contribution < 1.29 is 14.1 Å². The summed E-state index contributed by atoms with van der Waals surface area (Å²) in [6.45, 7) is 5.23. The molecule has 1 amide bonds. The van der Waals surface area contributed by atoms with Gasteiger partial charge in [-0.15, -0.1) is 0 Å². The van der Waals surface area contributed by atoms with E-state index in [9.17, 15) is 4.79 Å². The maximum atomic E-state index is 13.2. The highest BCUT2D eigenvalue weighted by Gasteiger charge is 2.30. The number of nitrogens with one attached hydrogen (secondary N) is 1. The second kappa shape index (κ2) is 11.0. The molecule has 2 aliphatic heterocycles. The van der Waals surface area contributed by atoms with Crippen LogP contribution in [-0.2, 0) is 11.2 Å². The van der Waals surface area contributed by atoms with Crippen molar-refractivity contribution in [1.29, 1.82) is 0 Å². The maximum Gasteiger partial charge on any atom is 0.222 e. The van der Waals surface area contributed by atoms with Crippen molar-refractivity contribution in [1.82, 2.24) is 15.4 Å². The number of piperidine rings is 1. The van der Waals surface area contributed by atoms with Crippen molar-refractivity contribution >= 4 is 11.6 Å². The van der Waals surface area contributed by atoms with Gasteiger partial charge in [0, 0.05) is 49.9 Å². The van der Waals surface area contributed by atoms with Gasteiger partial charge >= 0.3 is 0 Å². The Balaban J connectivity index is 1.16. The quantitative estimate of drug-likeness (QED) is 0.561. The molecule has 2 aliphatic rings. The molecule has 2 fully saturated rings. The Bertz CT molecular complexity index is 1090. The molecular weight excluding hydrogens is 440 g/mol. The molecule has 0 unspecified atom stereocenters. The third-order valence-corrected chi connectivity index (χ3v) is 7.36. The first kappa shape index (κ1) is 23.4. The predicted molar refractivity (Wildman–Crippen MR) is 137 cm³/mol. The van der Waals surface area contributed by atoms with Gasteiger partial charge in [-0.2, -0.15) is 0 Å².